The fourth-order valence-corrected chi connectivity index (χ4v) is 4.48. The summed E-state index contributed by atoms with van der Waals surface area (Å²) in [6, 6.07) is 12.4. The number of aromatic nitrogens is 3. The third kappa shape index (κ3) is 4.83. The van der Waals surface area contributed by atoms with Crippen molar-refractivity contribution in [3.8, 4) is 5.69 Å². The maximum Gasteiger partial charge on any atom is 0.170 e. The largest absolute Gasteiger partial charge is 0.393 e. The first kappa shape index (κ1) is 22.4. The summed E-state index contributed by atoms with van der Waals surface area (Å²) >= 11 is 0. The highest BCUT2D eigenvalue weighted by Crippen LogP contribution is 2.32. The average molecular weight is 432 g/mol. The van der Waals surface area contributed by atoms with Crippen molar-refractivity contribution in [1.29, 1.82) is 0 Å². The van der Waals surface area contributed by atoms with Gasteiger partial charge in [-0.2, -0.15) is 5.10 Å². The van der Waals surface area contributed by atoms with Gasteiger partial charge in [0.2, 0.25) is 0 Å². The van der Waals surface area contributed by atoms with Gasteiger partial charge in [-0.05, 0) is 67.3 Å². The van der Waals surface area contributed by atoms with Crippen LogP contribution in [-0.4, -0.2) is 31.8 Å². The molecule has 0 unspecified atom stereocenters. The predicted molar refractivity (Wildman–Crippen MR) is 126 cm³/mol. The molecular weight excluding hydrogens is 398 g/mol. The molecule has 3 aromatic rings. The van der Waals surface area contributed by atoms with Crippen molar-refractivity contribution in [2.45, 2.75) is 77.2 Å². The molecule has 0 saturated heterocycles. The molecule has 1 N–H and O–H groups in total. The van der Waals surface area contributed by atoms with Crippen LogP contribution in [0.15, 0.2) is 48.8 Å². The van der Waals surface area contributed by atoms with E-state index in [0.717, 1.165) is 48.3 Å². The number of hydrogen-bond donors (Lipinski definition) is 1. The van der Waals surface area contributed by atoms with E-state index in [2.05, 4.69) is 55.1 Å². The first-order valence-electron chi connectivity index (χ1n) is 11.5. The Hall–Kier alpha value is -2.79. The van der Waals surface area contributed by atoms with E-state index in [4.69, 9.17) is 0 Å². The Balaban J connectivity index is 1.45. The minimum absolute atomic E-state index is 0.0513. The van der Waals surface area contributed by atoms with Crippen LogP contribution in [0.5, 0.6) is 0 Å². The molecule has 5 nitrogen and oxygen atoms in total. The molecule has 1 saturated carbocycles. The molecule has 1 aliphatic carbocycles. The fraction of sp³-hybridized carbons (Fsp3) is 0.444. The highest BCUT2D eigenvalue weighted by atomic mass is 16.3. The second-order valence-corrected chi connectivity index (χ2v) is 10.0. The molecule has 0 bridgehead atoms. The number of aliphatic hydroxyl groups is 1. The lowest BCUT2D eigenvalue weighted by atomic mass is 9.85. The molecule has 1 fully saturated rings. The number of carbonyl (C=O) groups excluding carboxylic acids is 1. The van der Waals surface area contributed by atoms with E-state index in [1.165, 1.54) is 5.56 Å². The molecule has 0 radical (unpaired) electrons. The third-order valence-corrected chi connectivity index (χ3v) is 6.62. The van der Waals surface area contributed by atoms with E-state index in [9.17, 15) is 9.90 Å². The van der Waals surface area contributed by atoms with Gasteiger partial charge in [0.25, 0.3) is 0 Å². The molecular formula is C27H33N3O2. The highest BCUT2D eigenvalue weighted by Gasteiger charge is 2.22. The monoisotopic (exact) mass is 431 g/mol. The molecule has 0 aliphatic heterocycles. The van der Waals surface area contributed by atoms with Crippen LogP contribution in [0.4, 0.5) is 0 Å². The van der Waals surface area contributed by atoms with Gasteiger partial charge in [-0.1, -0.05) is 39.0 Å². The summed E-state index contributed by atoms with van der Waals surface area (Å²) in [6.45, 7) is 8.52. The zero-order valence-corrected chi connectivity index (χ0v) is 19.5. The van der Waals surface area contributed by atoms with Gasteiger partial charge >= 0.3 is 0 Å². The molecule has 32 heavy (non-hydrogen) atoms. The topological polar surface area (TPSA) is 68.0 Å². The van der Waals surface area contributed by atoms with Crippen molar-refractivity contribution < 1.29 is 9.90 Å². The van der Waals surface area contributed by atoms with Crippen molar-refractivity contribution in [2.75, 3.05) is 0 Å². The standard InChI is InChI=1S/C27H33N3O2/c1-18-24(17-29-30(18)22-10-8-21(9-11-22)27(2,3)4)26(32)15-19-5-14-25(28-16-19)20-6-12-23(31)13-7-20/h5,8-11,14,16-17,20,23,31H,6-7,12-13,15H2,1-4H3. The van der Waals surface area contributed by atoms with E-state index < -0.39 is 0 Å². The maximum atomic E-state index is 13.0. The number of pyridine rings is 1. The Morgan fingerprint density at radius 3 is 2.31 bits per heavy atom. The Kier molecular flexibility index (Phi) is 6.29. The molecule has 1 aliphatic rings. The Labute approximate surface area is 190 Å². The molecule has 0 amide bonds. The number of ketones is 1. The molecule has 2 aromatic heterocycles. The zero-order chi connectivity index (χ0) is 22.9. The van der Waals surface area contributed by atoms with Gasteiger partial charge in [-0.15, -0.1) is 0 Å². The summed E-state index contributed by atoms with van der Waals surface area (Å²) in [4.78, 5) is 17.6. The van der Waals surface area contributed by atoms with E-state index in [1.807, 2.05) is 29.9 Å². The second-order valence-electron chi connectivity index (χ2n) is 10.0. The van der Waals surface area contributed by atoms with Crippen LogP contribution in [0, 0.1) is 6.92 Å². The number of rotatable bonds is 5. The molecule has 168 valence electrons. The summed E-state index contributed by atoms with van der Waals surface area (Å²) in [5.74, 6) is 0.462. The van der Waals surface area contributed by atoms with Crippen LogP contribution in [0.1, 0.15) is 85.2 Å². The summed E-state index contributed by atoms with van der Waals surface area (Å²) in [5.41, 5.74) is 5.80. The first-order chi connectivity index (χ1) is 15.2. The Morgan fingerprint density at radius 2 is 1.72 bits per heavy atom. The van der Waals surface area contributed by atoms with Crippen LogP contribution in [-0.2, 0) is 11.8 Å². The van der Waals surface area contributed by atoms with Crippen molar-refractivity contribution in [3.63, 3.8) is 0 Å². The molecule has 2 heterocycles. The number of hydrogen-bond acceptors (Lipinski definition) is 4. The van der Waals surface area contributed by atoms with Gasteiger partial charge in [0.1, 0.15) is 0 Å². The van der Waals surface area contributed by atoms with Crippen LogP contribution >= 0.6 is 0 Å². The van der Waals surface area contributed by atoms with Crippen molar-refractivity contribution in [3.05, 3.63) is 76.9 Å². The van der Waals surface area contributed by atoms with E-state index in [0.29, 0.717) is 17.9 Å². The lowest BCUT2D eigenvalue weighted by molar-refractivity contribution is 0.0992. The van der Waals surface area contributed by atoms with Crippen LogP contribution in [0.3, 0.4) is 0 Å². The zero-order valence-electron chi connectivity index (χ0n) is 19.5. The quantitative estimate of drug-likeness (QED) is 0.555. The normalized spacial score (nSPS) is 19.2. The number of nitrogens with zero attached hydrogens (tertiary/aromatic N) is 3. The minimum atomic E-state index is -0.163. The van der Waals surface area contributed by atoms with Gasteiger partial charge in [-0.25, -0.2) is 4.68 Å². The van der Waals surface area contributed by atoms with Crippen molar-refractivity contribution in [1.82, 2.24) is 14.8 Å². The summed E-state index contributed by atoms with van der Waals surface area (Å²) in [5, 5.41) is 14.2. The summed E-state index contributed by atoms with van der Waals surface area (Å²) < 4.78 is 1.83. The SMILES string of the molecule is Cc1c(C(=O)Cc2ccc(C3CCC(O)CC3)nc2)cnn1-c1ccc(C(C)(C)C)cc1. The maximum absolute atomic E-state index is 13.0. The lowest BCUT2D eigenvalue weighted by Gasteiger charge is -2.24. The van der Waals surface area contributed by atoms with Gasteiger partial charge in [-0.3, -0.25) is 9.78 Å². The van der Waals surface area contributed by atoms with E-state index >= 15 is 0 Å². The molecule has 4 rings (SSSR count). The molecule has 1 aromatic carbocycles. The number of benzene rings is 1. The highest BCUT2D eigenvalue weighted by molar-refractivity contribution is 5.98. The second kappa shape index (κ2) is 8.99. The summed E-state index contributed by atoms with van der Waals surface area (Å²) in [6.07, 6.45) is 7.27. The van der Waals surface area contributed by atoms with Crippen LogP contribution in [0.2, 0.25) is 0 Å². The number of Topliss-reactive ketones (excluding diaryl/α,β-unsaturated/α-hetero) is 1. The van der Waals surface area contributed by atoms with Crippen LogP contribution < -0.4 is 0 Å². The fourth-order valence-electron chi connectivity index (χ4n) is 4.48. The number of aliphatic hydroxyl groups excluding tert-OH is 1. The van der Waals surface area contributed by atoms with Crippen LogP contribution in [0.25, 0.3) is 5.69 Å². The van der Waals surface area contributed by atoms with Gasteiger partial charge < -0.3 is 5.11 Å². The minimum Gasteiger partial charge on any atom is -0.393 e. The Bertz CT molecular complexity index is 1070. The van der Waals surface area contributed by atoms with Crippen molar-refractivity contribution >= 4 is 5.78 Å². The van der Waals surface area contributed by atoms with Gasteiger partial charge in [0.05, 0.1) is 29.2 Å². The van der Waals surface area contributed by atoms with Gasteiger partial charge in [0, 0.05) is 24.2 Å². The van der Waals surface area contributed by atoms with Crippen molar-refractivity contribution in [2.24, 2.45) is 0 Å². The lowest BCUT2D eigenvalue weighted by Crippen LogP contribution is -2.17. The number of carbonyl (C=O) groups is 1. The molecule has 5 heteroatoms. The molecule has 0 spiro atoms. The van der Waals surface area contributed by atoms with E-state index in [-0.39, 0.29) is 17.3 Å². The third-order valence-electron chi connectivity index (χ3n) is 6.62. The smallest absolute Gasteiger partial charge is 0.170 e. The summed E-state index contributed by atoms with van der Waals surface area (Å²) in [7, 11) is 0. The first-order valence-corrected chi connectivity index (χ1v) is 11.5. The molecule has 0 atom stereocenters. The van der Waals surface area contributed by atoms with Gasteiger partial charge in [0.15, 0.2) is 5.78 Å². The average Bonchev–Trinajstić information content (AvgIpc) is 3.16. The van der Waals surface area contributed by atoms with E-state index in [1.54, 1.807) is 6.20 Å². The Morgan fingerprint density at radius 1 is 1.03 bits per heavy atom. The predicted octanol–water partition coefficient (Wildman–Crippen LogP) is 5.32.